The molecule has 35 heavy (non-hydrogen) atoms. The fourth-order valence-electron chi connectivity index (χ4n) is 4.21. The van der Waals surface area contributed by atoms with Crippen molar-refractivity contribution in [2.24, 2.45) is 0 Å². The number of nitrogen functional groups attached to an aromatic ring is 1. The number of hydrogen-bond donors (Lipinski definition) is 5. The molecule has 190 valence electrons. The number of rotatable bonds is 8. The summed E-state index contributed by atoms with van der Waals surface area (Å²) in [5.41, 5.74) is 7.71. The molecule has 0 bridgehead atoms. The fourth-order valence-corrected chi connectivity index (χ4v) is 4.21. The highest BCUT2D eigenvalue weighted by molar-refractivity contribution is 5.79. The molecule has 1 aliphatic rings. The largest absolute Gasteiger partial charge is 0.395 e. The standard InChI is InChI=1S/C21H25FN6O.C4H11NO/c1-2-4-18(17-14-25-28(20(17)23)19-7-10-24-26-19)21(29)8-11-27(12-9-21)16-6-3-5-15(22)13-16;1-2-5-3-4-6/h3-7,10,13-14,29H,2,8-9,11-12,23H2,1H3,(H,24,26);5-6H,2-4H2,1H3/b18-4+;. The number of nitrogens with one attached hydrogen (secondary N) is 2. The van der Waals surface area contributed by atoms with Crippen LogP contribution in [0.5, 0.6) is 0 Å². The zero-order valence-electron chi connectivity index (χ0n) is 20.4. The van der Waals surface area contributed by atoms with Crippen LogP contribution < -0.4 is 16.0 Å². The van der Waals surface area contributed by atoms with Gasteiger partial charge in [0.2, 0.25) is 0 Å². The van der Waals surface area contributed by atoms with Crippen molar-refractivity contribution in [2.75, 3.05) is 43.4 Å². The molecule has 0 amide bonds. The zero-order chi connectivity index (χ0) is 25.3. The molecular weight excluding hydrogens is 449 g/mol. The van der Waals surface area contributed by atoms with Gasteiger partial charge in [0.15, 0.2) is 5.82 Å². The quantitative estimate of drug-likeness (QED) is 0.310. The first-order valence-electron chi connectivity index (χ1n) is 12.0. The molecular formula is C25H36FN7O2. The second-order valence-electron chi connectivity index (χ2n) is 8.40. The van der Waals surface area contributed by atoms with Gasteiger partial charge in [0.05, 0.1) is 24.6 Å². The summed E-state index contributed by atoms with van der Waals surface area (Å²) in [5, 5.41) is 33.8. The molecule has 0 unspecified atom stereocenters. The van der Waals surface area contributed by atoms with Crippen molar-refractivity contribution >= 4 is 17.1 Å². The van der Waals surface area contributed by atoms with E-state index >= 15 is 0 Å². The van der Waals surface area contributed by atoms with Gasteiger partial charge in [-0.2, -0.15) is 14.9 Å². The van der Waals surface area contributed by atoms with Gasteiger partial charge in [-0.15, -0.1) is 0 Å². The zero-order valence-corrected chi connectivity index (χ0v) is 20.4. The third-order valence-electron chi connectivity index (χ3n) is 6.02. The van der Waals surface area contributed by atoms with E-state index in [0.717, 1.165) is 36.3 Å². The smallest absolute Gasteiger partial charge is 0.151 e. The normalized spacial score (nSPS) is 15.6. The minimum Gasteiger partial charge on any atom is -0.395 e. The highest BCUT2D eigenvalue weighted by atomic mass is 19.1. The number of nitrogens with two attached hydrogens (primary N) is 1. The summed E-state index contributed by atoms with van der Waals surface area (Å²) < 4.78 is 15.2. The fraction of sp³-hybridized carbons (Fsp3) is 0.440. The summed E-state index contributed by atoms with van der Waals surface area (Å²) in [4.78, 5) is 2.10. The Labute approximate surface area is 205 Å². The lowest BCUT2D eigenvalue weighted by molar-refractivity contribution is 0.0748. The van der Waals surface area contributed by atoms with Gasteiger partial charge >= 0.3 is 0 Å². The summed E-state index contributed by atoms with van der Waals surface area (Å²) in [7, 11) is 0. The third kappa shape index (κ3) is 6.47. The predicted octanol–water partition coefficient (Wildman–Crippen LogP) is 2.73. The van der Waals surface area contributed by atoms with Crippen molar-refractivity contribution < 1.29 is 14.6 Å². The molecule has 3 aromatic rings. The molecule has 0 aliphatic carbocycles. The summed E-state index contributed by atoms with van der Waals surface area (Å²) in [5.74, 6) is 0.862. The van der Waals surface area contributed by atoms with Gasteiger partial charge < -0.3 is 26.2 Å². The molecule has 10 heteroatoms. The van der Waals surface area contributed by atoms with E-state index in [2.05, 4.69) is 25.5 Å². The van der Waals surface area contributed by atoms with E-state index in [9.17, 15) is 9.50 Å². The van der Waals surface area contributed by atoms with E-state index < -0.39 is 5.60 Å². The van der Waals surface area contributed by atoms with Crippen LogP contribution in [0, 0.1) is 5.82 Å². The van der Waals surface area contributed by atoms with Crippen molar-refractivity contribution in [3.8, 4) is 5.82 Å². The first-order chi connectivity index (χ1) is 16.9. The topological polar surface area (TPSA) is 128 Å². The van der Waals surface area contributed by atoms with Crippen LogP contribution in [0.2, 0.25) is 0 Å². The number of H-pyrrole nitrogens is 1. The number of nitrogens with zero attached hydrogens (tertiary/aromatic N) is 4. The highest BCUT2D eigenvalue weighted by Crippen LogP contribution is 2.39. The predicted molar refractivity (Wildman–Crippen MR) is 137 cm³/mol. The van der Waals surface area contributed by atoms with Crippen molar-refractivity contribution in [2.45, 2.75) is 38.7 Å². The average molecular weight is 486 g/mol. The Hall–Kier alpha value is -3.21. The van der Waals surface area contributed by atoms with Gasteiger partial charge in [-0.25, -0.2) is 4.39 Å². The molecule has 0 saturated carbocycles. The number of piperidine rings is 1. The van der Waals surface area contributed by atoms with Gasteiger partial charge in [-0.05, 0) is 49.6 Å². The molecule has 4 rings (SSSR count). The molecule has 2 aromatic heterocycles. The minimum absolute atomic E-state index is 0.244. The third-order valence-corrected chi connectivity index (χ3v) is 6.02. The number of halogens is 1. The lowest BCUT2D eigenvalue weighted by Gasteiger charge is -2.40. The molecule has 1 saturated heterocycles. The summed E-state index contributed by atoms with van der Waals surface area (Å²) in [6.45, 7) is 7.19. The maximum Gasteiger partial charge on any atom is 0.151 e. The Morgan fingerprint density at radius 3 is 2.63 bits per heavy atom. The Bertz CT molecular complexity index is 1070. The van der Waals surface area contributed by atoms with Gasteiger partial charge in [0.1, 0.15) is 11.6 Å². The Morgan fingerprint density at radius 1 is 1.29 bits per heavy atom. The molecule has 6 N–H and O–H groups in total. The second kappa shape index (κ2) is 12.5. The Balaban J connectivity index is 0.000000509. The van der Waals surface area contributed by atoms with Crippen molar-refractivity contribution in [3.63, 3.8) is 0 Å². The van der Waals surface area contributed by atoms with Crippen LogP contribution in [0.15, 0.2) is 48.8 Å². The summed E-state index contributed by atoms with van der Waals surface area (Å²) >= 11 is 0. The van der Waals surface area contributed by atoms with Gasteiger partial charge in [-0.1, -0.05) is 26.0 Å². The maximum atomic E-state index is 13.6. The van der Waals surface area contributed by atoms with Gasteiger partial charge in [-0.3, -0.25) is 5.10 Å². The average Bonchev–Trinajstić information content (AvgIpc) is 3.52. The van der Waals surface area contributed by atoms with E-state index in [4.69, 9.17) is 10.8 Å². The van der Waals surface area contributed by atoms with Crippen molar-refractivity contribution in [1.29, 1.82) is 0 Å². The Morgan fingerprint density at radius 2 is 2.06 bits per heavy atom. The number of aromatic amines is 1. The van der Waals surface area contributed by atoms with Gasteiger partial charge in [0, 0.05) is 37.0 Å². The van der Waals surface area contributed by atoms with E-state index in [0.29, 0.717) is 37.6 Å². The van der Waals surface area contributed by atoms with Crippen molar-refractivity contribution in [1.82, 2.24) is 25.3 Å². The van der Waals surface area contributed by atoms with E-state index in [1.807, 2.05) is 26.0 Å². The number of aliphatic hydroxyl groups excluding tert-OH is 1. The first kappa shape index (κ1) is 26.4. The van der Waals surface area contributed by atoms with E-state index in [-0.39, 0.29) is 12.4 Å². The lowest BCUT2D eigenvalue weighted by atomic mass is 9.80. The van der Waals surface area contributed by atoms with Crippen LogP contribution in [-0.2, 0) is 0 Å². The molecule has 0 radical (unpaired) electrons. The van der Waals surface area contributed by atoms with Crippen molar-refractivity contribution in [3.05, 3.63) is 60.2 Å². The van der Waals surface area contributed by atoms with Crippen LogP contribution in [0.25, 0.3) is 11.4 Å². The van der Waals surface area contributed by atoms with Crippen LogP contribution in [0.1, 0.15) is 38.7 Å². The van der Waals surface area contributed by atoms with Crippen LogP contribution in [0.4, 0.5) is 15.9 Å². The summed E-state index contributed by atoms with van der Waals surface area (Å²) in [6.07, 6.45) is 7.14. The monoisotopic (exact) mass is 485 g/mol. The number of aliphatic hydroxyl groups is 2. The molecule has 1 aromatic carbocycles. The maximum absolute atomic E-state index is 13.6. The number of allylic oxidation sites excluding steroid dienone is 1. The van der Waals surface area contributed by atoms with Crippen LogP contribution in [0.3, 0.4) is 0 Å². The molecule has 3 heterocycles. The van der Waals surface area contributed by atoms with Gasteiger partial charge in [0.25, 0.3) is 0 Å². The molecule has 0 atom stereocenters. The SMILES string of the molecule is CC/C=C(\c1cnn(-c2ccn[nH]2)c1N)C1(O)CCN(c2cccc(F)c2)CC1.CCNCCO. The molecule has 1 fully saturated rings. The second-order valence-corrected chi connectivity index (χ2v) is 8.40. The molecule has 9 nitrogen and oxygen atoms in total. The lowest BCUT2D eigenvalue weighted by Crippen LogP contribution is -2.45. The highest BCUT2D eigenvalue weighted by Gasteiger charge is 2.38. The number of benzene rings is 1. The number of anilines is 2. The number of hydrogen-bond acceptors (Lipinski definition) is 7. The summed E-state index contributed by atoms with van der Waals surface area (Å²) in [6, 6.07) is 8.34. The first-order valence-corrected chi connectivity index (χ1v) is 12.0. The number of aromatic nitrogens is 4. The Kier molecular flexibility index (Phi) is 9.41. The number of likely N-dealkylation sites (N-methyl/N-ethyl adjacent to an activating group) is 1. The van der Waals surface area contributed by atoms with E-state index in [1.165, 1.54) is 12.1 Å². The minimum atomic E-state index is -1.02. The van der Waals surface area contributed by atoms with E-state index in [1.54, 1.807) is 29.2 Å². The molecule has 0 spiro atoms. The molecule has 1 aliphatic heterocycles. The van der Waals surface area contributed by atoms with Crippen LogP contribution >= 0.6 is 0 Å². The van der Waals surface area contributed by atoms with Crippen LogP contribution in [-0.4, -0.2) is 68.6 Å².